The van der Waals surface area contributed by atoms with Crippen LogP contribution < -0.4 is 21.1 Å². The maximum Gasteiger partial charge on any atom is 0.573 e. The number of halogens is 3. The molecule has 1 aliphatic rings. The molecule has 1 unspecified atom stereocenters. The third-order valence-electron chi connectivity index (χ3n) is 3.59. The third kappa shape index (κ3) is 3.88. The molecule has 26 heavy (non-hydrogen) atoms. The lowest BCUT2D eigenvalue weighted by Gasteiger charge is -2.25. The average molecular weight is 381 g/mol. The van der Waals surface area contributed by atoms with Crippen molar-refractivity contribution in [1.29, 1.82) is 0 Å². The maximum absolute atomic E-state index is 12.4. The number of nitrogens with two attached hydrogens (primary N) is 2. The van der Waals surface area contributed by atoms with Crippen LogP contribution in [0.25, 0.3) is 0 Å². The van der Waals surface area contributed by atoms with Gasteiger partial charge < -0.3 is 21.1 Å². The number of amides is 1. The SMILES string of the molecule is NC(=O)C1=CN(c2ccc(OC(F)(F)F)c(N)c2)C(c2ccccc2)S1. The van der Waals surface area contributed by atoms with Gasteiger partial charge in [0, 0.05) is 11.9 Å². The number of primary amides is 1. The summed E-state index contributed by atoms with van der Waals surface area (Å²) in [5.74, 6) is -1.06. The molecule has 136 valence electrons. The molecule has 0 fully saturated rings. The van der Waals surface area contributed by atoms with Crippen LogP contribution in [-0.4, -0.2) is 12.3 Å². The zero-order chi connectivity index (χ0) is 18.9. The fourth-order valence-electron chi connectivity index (χ4n) is 2.49. The predicted molar refractivity (Wildman–Crippen MR) is 94.1 cm³/mol. The van der Waals surface area contributed by atoms with Gasteiger partial charge in [-0.05, 0) is 23.8 Å². The third-order valence-corrected chi connectivity index (χ3v) is 4.88. The maximum atomic E-state index is 12.4. The van der Waals surface area contributed by atoms with Crippen LogP contribution >= 0.6 is 11.8 Å². The molecule has 0 saturated heterocycles. The van der Waals surface area contributed by atoms with Gasteiger partial charge in [-0.1, -0.05) is 42.1 Å². The van der Waals surface area contributed by atoms with Crippen molar-refractivity contribution in [2.24, 2.45) is 5.73 Å². The molecule has 1 atom stereocenters. The predicted octanol–water partition coefficient (Wildman–Crippen LogP) is 3.75. The highest BCUT2D eigenvalue weighted by molar-refractivity contribution is 8.04. The number of nitrogen functional groups attached to an aromatic ring is 1. The van der Waals surface area contributed by atoms with Crippen LogP contribution in [0.15, 0.2) is 59.6 Å². The number of hydrogen-bond donors (Lipinski definition) is 2. The van der Waals surface area contributed by atoms with E-state index in [1.165, 1.54) is 23.9 Å². The number of benzene rings is 2. The number of alkyl halides is 3. The molecule has 2 aromatic rings. The van der Waals surface area contributed by atoms with Gasteiger partial charge in [-0.25, -0.2) is 0 Å². The van der Waals surface area contributed by atoms with Crippen molar-refractivity contribution in [2.75, 3.05) is 10.6 Å². The Morgan fingerprint density at radius 2 is 1.85 bits per heavy atom. The molecule has 0 aromatic heterocycles. The fraction of sp³-hybridized carbons (Fsp3) is 0.118. The quantitative estimate of drug-likeness (QED) is 0.789. The molecular weight excluding hydrogens is 367 g/mol. The molecule has 3 rings (SSSR count). The van der Waals surface area contributed by atoms with E-state index in [0.717, 1.165) is 11.6 Å². The van der Waals surface area contributed by atoms with Crippen molar-refractivity contribution >= 4 is 29.0 Å². The van der Waals surface area contributed by atoms with E-state index >= 15 is 0 Å². The van der Waals surface area contributed by atoms with Gasteiger partial charge in [0.05, 0.1) is 10.6 Å². The van der Waals surface area contributed by atoms with E-state index in [1.54, 1.807) is 11.1 Å². The van der Waals surface area contributed by atoms with E-state index in [-0.39, 0.29) is 11.1 Å². The molecule has 0 aliphatic carbocycles. The first-order valence-corrected chi connectivity index (χ1v) is 8.29. The summed E-state index contributed by atoms with van der Waals surface area (Å²) in [7, 11) is 0. The number of anilines is 2. The highest BCUT2D eigenvalue weighted by atomic mass is 32.2. The molecule has 0 radical (unpaired) electrons. The van der Waals surface area contributed by atoms with Gasteiger partial charge in [-0.15, -0.1) is 13.2 Å². The Bertz CT molecular complexity index is 856. The Hall–Kier alpha value is -2.81. The van der Waals surface area contributed by atoms with Crippen LogP contribution in [-0.2, 0) is 4.79 Å². The minimum absolute atomic E-state index is 0.169. The van der Waals surface area contributed by atoms with Crippen LogP contribution in [0, 0.1) is 0 Å². The number of nitrogens with zero attached hydrogens (tertiary/aromatic N) is 1. The van der Waals surface area contributed by atoms with E-state index in [1.807, 2.05) is 30.3 Å². The van der Waals surface area contributed by atoms with Crippen LogP contribution in [0.5, 0.6) is 5.75 Å². The van der Waals surface area contributed by atoms with Crippen LogP contribution in [0.3, 0.4) is 0 Å². The summed E-state index contributed by atoms with van der Waals surface area (Å²) in [6, 6.07) is 13.3. The Morgan fingerprint density at radius 3 is 2.42 bits per heavy atom. The molecule has 0 saturated carbocycles. The van der Waals surface area contributed by atoms with E-state index in [9.17, 15) is 18.0 Å². The van der Waals surface area contributed by atoms with Crippen molar-refractivity contribution < 1.29 is 22.7 Å². The number of rotatable bonds is 4. The Labute approximate surface area is 151 Å². The lowest BCUT2D eigenvalue weighted by molar-refractivity contribution is -0.274. The normalized spacial score (nSPS) is 17.1. The molecule has 0 bridgehead atoms. The lowest BCUT2D eigenvalue weighted by Crippen LogP contribution is -2.19. The molecule has 1 heterocycles. The molecule has 2 aromatic carbocycles. The summed E-state index contributed by atoms with van der Waals surface area (Å²) in [5.41, 5.74) is 12.3. The summed E-state index contributed by atoms with van der Waals surface area (Å²) in [6.07, 6.45) is -3.27. The zero-order valence-electron chi connectivity index (χ0n) is 13.2. The molecule has 0 spiro atoms. The number of ether oxygens (including phenoxy) is 1. The topological polar surface area (TPSA) is 81.6 Å². The Kier molecular flexibility index (Phi) is 4.73. The van der Waals surface area contributed by atoms with Crippen molar-refractivity contribution in [3.63, 3.8) is 0 Å². The summed E-state index contributed by atoms with van der Waals surface area (Å²) in [4.78, 5) is 13.6. The van der Waals surface area contributed by atoms with Gasteiger partial charge in [-0.2, -0.15) is 0 Å². The monoisotopic (exact) mass is 381 g/mol. The van der Waals surface area contributed by atoms with Crippen molar-refractivity contribution in [1.82, 2.24) is 0 Å². The van der Waals surface area contributed by atoms with E-state index in [4.69, 9.17) is 11.5 Å². The van der Waals surface area contributed by atoms with Crippen molar-refractivity contribution in [3.8, 4) is 5.75 Å². The van der Waals surface area contributed by atoms with Crippen LogP contribution in [0.4, 0.5) is 24.5 Å². The minimum atomic E-state index is -4.83. The second-order valence-electron chi connectivity index (χ2n) is 5.42. The molecule has 5 nitrogen and oxygen atoms in total. The molecular formula is C17H14F3N3O2S. The van der Waals surface area contributed by atoms with Crippen LogP contribution in [0.2, 0.25) is 0 Å². The molecule has 1 aliphatic heterocycles. The minimum Gasteiger partial charge on any atom is -0.404 e. The second-order valence-corrected chi connectivity index (χ2v) is 6.54. The lowest BCUT2D eigenvalue weighted by atomic mass is 10.2. The largest absolute Gasteiger partial charge is 0.573 e. The van der Waals surface area contributed by atoms with E-state index < -0.39 is 18.0 Å². The average Bonchev–Trinajstić information content (AvgIpc) is 3.02. The van der Waals surface area contributed by atoms with Gasteiger partial charge in [0.2, 0.25) is 0 Å². The van der Waals surface area contributed by atoms with Gasteiger partial charge in [0.25, 0.3) is 5.91 Å². The van der Waals surface area contributed by atoms with Gasteiger partial charge in [0.15, 0.2) is 5.75 Å². The van der Waals surface area contributed by atoms with E-state index in [0.29, 0.717) is 10.6 Å². The molecule has 4 N–H and O–H groups in total. The highest BCUT2D eigenvalue weighted by Crippen LogP contribution is 2.47. The van der Waals surface area contributed by atoms with Crippen LogP contribution in [0.1, 0.15) is 10.9 Å². The smallest absolute Gasteiger partial charge is 0.404 e. The standard InChI is InChI=1S/C17H14F3N3O2S/c18-17(19,20)25-13-7-6-11(8-12(13)21)23-9-14(15(22)24)26-16(23)10-4-2-1-3-5-10/h1-9,16H,21H2,(H2,22,24). The fourth-order valence-corrected chi connectivity index (χ4v) is 3.61. The zero-order valence-corrected chi connectivity index (χ0v) is 14.1. The first-order chi connectivity index (χ1) is 12.2. The first-order valence-electron chi connectivity index (χ1n) is 7.41. The Balaban J connectivity index is 1.96. The molecule has 1 amide bonds. The Morgan fingerprint density at radius 1 is 1.15 bits per heavy atom. The number of carbonyl (C=O) groups excluding carboxylic acids is 1. The van der Waals surface area contributed by atoms with E-state index in [2.05, 4.69) is 4.74 Å². The summed E-state index contributed by atoms with van der Waals surface area (Å²) < 4.78 is 41.1. The number of hydrogen-bond acceptors (Lipinski definition) is 5. The van der Waals surface area contributed by atoms with Gasteiger partial charge in [0.1, 0.15) is 5.37 Å². The second kappa shape index (κ2) is 6.83. The van der Waals surface area contributed by atoms with Crippen molar-refractivity contribution in [3.05, 3.63) is 65.2 Å². The summed E-state index contributed by atoms with van der Waals surface area (Å²) in [5, 5.41) is -0.299. The van der Waals surface area contributed by atoms with Gasteiger partial charge >= 0.3 is 6.36 Å². The highest BCUT2D eigenvalue weighted by Gasteiger charge is 2.33. The summed E-state index contributed by atoms with van der Waals surface area (Å²) in [6.45, 7) is 0. The number of thioether (sulfide) groups is 1. The van der Waals surface area contributed by atoms with Gasteiger partial charge in [-0.3, -0.25) is 4.79 Å². The summed E-state index contributed by atoms with van der Waals surface area (Å²) >= 11 is 1.26. The first kappa shape index (κ1) is 18.0. The number of carbonyl (C=O) groups is 1. The molecule has 9 heteroatoms. The van der Waals surface area contributed by atoms with Crippen molar-refractivity contribution in [2.45, 2.75) is 11.7 Å².